The van der Waals surface area contributed by atoms with E-state index in [0.29, 0.717) is 11.5 Å². The Bertz CT molecular complexity index is 1150. The Kier molecular flexibility index (Phi) is 7.43. The van der Waals surface area contributed by atoms with Gasteiger partial charge in [-0.25, -0.2) is 0 Å². The van der Waals surface area contributed by atoms with Crippen molar-refractivity contribution in [3.05, 3.63) is 82.9 Å². The van der Waals surface area contributed by atoms with Crippen molar-refractivity contribution >= 4 is 23.1 Å². The summed E-state index contributed by atoms with van der Waals surface area (Å²) in [6, 6.07) is 14.2. The minimum absolute atomic E-state index is 0.272. The number of hydrogen-bond acceptors (Lipinski definition) is 8. The van der Waals surface area contributed by atoms with Crippen molar-refractivity contribution in [1.82, 2.24) is 0 Å². The van der Waals surface area contributed by atoms with Gasteiger partial charge in [0.15, 0.2) is 23.1 Å². The molecule has 0 saturated heterocycles. The SMILES string of the molecule is COc1ccc(C(=O)CC(=O)c2cc(C(=O)CC(=O)c3ccc(OC)cc3)c(O)cc2O)cc1. The Hall–Kier alpha value is -4.46. The number of Topliss-reactive ketones (excluding diaryl/α,β-unsaturated/α-hetero) is 4. The Labute approximate surface area is 195 Å². The molecule has 3 rings (SSSR count). The summed E-state index contributed by atoms with van der Waals surface area (Å²) in [6.07, 6.45) is -1.13. The lowest BCUT2D eigenvalue weighted by Crippen LogP contribution is -2.12. The van der Waals surface area contributed by atoms with E-state index in [9.17, 15) is 29.4 Å². The van der Waals surface area contributed by atoms with E-state index in [1.807, 2.05) is 0 Å². The topological polar surface area (TPSA) is 127 Å². The molecule has 0 unspecified atom stereocenters. The number of carbonyl (C=O) groups is 4. The van der Waals surface area contributed by atoms with Gasteiger partial charge < -0.3 is 19.7 Å². The van der Waals surface area contributed by atoms with Crippen LogP contribution in [0.4, 0.5) is 0 Å². The van der Waals surface area contributed by atoms with Crippen LogP contribution in [-0.2, 0) is 0 Å². The van der Waals surface area contributed by atoms with Crippen LogP contribution >= 0.6 is 0 Å². The maximum Gasteiger partial charge on any atom is 0.174 e. The molecule has 0 atom stereocenters. The highest BCUT2D eigenvalue weighted by Gasteiger charge is 2.23. The standard InChI is InChI=1S/C26H22O8/c1-33-17-7-3-15(4-8-17)21(27)12-23(29)19-11-20(26(32)14-25(19)31)24(30)13-22(28)16-5-9-18(34-2)10-6-16/h3-11,14,31-32H,12-13H2,1-2H3. The molecule has 3 aromatic rings. The third-order valence-corrected chi connectivity index (χ3v) is 5.18. The van der Waals surface area contributed by atoms with E-state index in [0.717, 1.165) is 12.1 Å². The lowest BCUT2D eigenvalue weighted by molar-refractivity contribution is 0.0881. The molecule has 174 valence electrons. The lowest BCUT2D eigenvalue weighted by atomic mass is 9.95. The summed E-state index contributed by atoms with van der Waals surface area (Å²) in [5.41, 5.74) is -0.0672. The highest BCUT2D eigenvalue weighted by molar-refractivity contribution is 6.17. The smallest absolute Gasteiger partial charge is 0.174 e. The number of rotatable bonds is 10. The molecule has 34 heavy (non-hydrogen) atoms. The van der Waals surface area contributed by atoms with Crippen molar-refractivity contribution in [2.75, 3.05) is 14.2 Å². The number of ether oxygens (including phenoxy) is 2. The minimum Gasteiger partial charge on any atom is -0.507 e. The second-order valence-corrected chi connectivity index (χ2v) is 7.39. The molecular formula is C26H22O8. The monoisotopic (exact) mass is 462 g/mol. The molecule has 0 aliphatic heterocycles. The van der Waals surface area contributed by atoms with Gasteiger partial charge in [0, 0.05) is 17.2 Å². The fourth-order valence-electron chi connectivity index (χ4n) is 3.26. The van der Waals surface area contributed by atoms with Crippen LogP contribution in [0.5, 0.6) is 23.0 Å². The number of phenolic OH excluding ortho intramolecular Hbond substituents is 2. The zero-order valence-corrected chi connectivity index (χ0v) is 18.5. The van der Waals surface area contributed by atoms with Gasteiger partial charge in [0.1, 0.15) is 23.0 Å². The average molecular weight is 462 g/mol. The van der Waals surface area contributed by atoms with Crippen LogP contribution in [0.25, 0.3) is 0 Å². The van der Waals surface area contributed by atoms with E-state index in [-0.39, 0.29) is 22.3 Å². The summed E-state index contributed by atoms with van der Waals surface area (Å²) in [4.78, 5) is 50.3. The first-order valence-corrected chi connectivity index (χ1v) is 10.2. The summed E-state index contributed by atoms with van der Waals surface area (Å²) in [5, 5.41) is 20.3. The van der Waals surface area contributed by atoms with Crippen LogP contribution in [0.2, 0.25) is 0 Å². The second kappa shape index (κ2) is 10.4. The van der Waals surface area contributed by atoms with Crippen LogP contribution in [-0.4, -0.2) is 47.6 Å². The summed E-state index contributed by atoms with van der Waals surface area (Å²) in [6.45, 7) is 0. The van der Waals surface area contributed by atoms with E-state index >= 15 is 0 Å². The van der Waals surface area contributed by atoms with E-state index in [1.165, 1.54) is 38.5 Å². The average Bonchev–Trinajstić information content (AvgIpc) is 2.83. The Balaban J connectivity index is 1.77. The predicted molar refractivity (Wildman–Crippen MR) is 122 cm³/mol. The number of benzene rings is 3. The Morgan fingerprint density at radius 1 is 0.588 bits per heavy atom. The summed E-state index contributed by atoms with van der Waals surface area (Å²) >= 11 is 0. The quantitative estimate of drug-likeness (QED) is 0.342. The van der Waals surface area contributed by atoms with Gasteiger partial charge in [-0.05, 0) is 54.6 Å². The molecule has 0 amide bonds. The normalized spacial score (nSPS) is 10.4. The molecule has 0 aliphatic carbocycles. The van der Waals surface area contributed by atoms with Gasteiger partial charge in [-0.3, -0.25) is 19.2 Å². The molecule has 8 heteroatoms. The zero-order valence-electron chi connectivity index (χ0n) is 18.5. The van der Waals surface area contributed by atoms with Gasteiger partial charge in [0.2, 0.25) is 0 Å². The van der Waals surface area contributed by atoms with Crippen molar-refractivity contribution in [2.24, 2.45) is 0 Å². The molecule has 0 radical (unpaired) electrons. The molecule has 0 aliphatic rings. The van der Waals surface area contributed by atoms with Crippen molar-refractivity contribution < 1.29 is 38.9 Å². The first kappa shape index (κ1) is 24.2. The number of hydrogen-bond donors (Lipinski definition) is 2. The number of carbonyl (C=O) groups excluding carboxylic acids is 4. The fourth-order valence-corrected chi connectivity index (χ4v) is 3.26. The molecule has 0 heterocycles. The van der Waals surface area contributed by atoms with E-state index in [1.54, 1.807) is 24.3 Å². The molecule has 0 spiro atoms. The third-order valence-electron chi connectivity index (χ3n) is 5.18. The summed E-state index contributed by atoms with van der Waals surface area (Å²) in [5.74, 6) is -2.54. The maximum absolute atomic E-state index is 12.7. The predicted octanol–water partition coefficient (Wildman–Crippen LogP) is 4.03. The van der Waals surface area contributed by atoms with Crippen LogP contribution in [0.15, 0.2) is 60.7 Å². The first-order valence-electron chi connectivity index (χ1n) is 10.2. The molecule has 2 N–H and O–H groups in total. The molecule has 3 aromatic carbocycles. The number of methoxy groups -OCH3 is 2. The number of ketones is 4. The van der Waals surface area contributed by atoms with Gasteiger partial charge >= 0.3 is 0 Å². The highest BCUT2D eigenvalue weighted by atomic mass is 16.5. The number of phenols is 2. The van der Waals surface area contributed by atoms with Crippen molar-refractivity contribution in [3.63, 3.8) is 0 Å². The van der Waals surface area contributed by atoms with Crippen LogP contribution in [0, 0.1) is 0 Å². The molecule has 0 bridgehead atoms. The molecule has 0 saturated carbocycles. The maximum atomic E-state index is 12.7. The van der Waals surface area contributed by atoms with Crippen LogP contribution in [0.3, 0.4) is 0 Å². The van der Waals surface area contributed by atoms with Crippen LogP contribution < -0.4 is 9.47 Å². The summed E-state index contributed by atoms with van der Waals surface area (Å²) in [7, 11) is 2.97. The Morgan fingerprint density at radius 2 is 0.941 bits per heavy atom. The van der Waals surface area contributed by atoms with E-state index < -0.39 is 47.5 Å². The van der Waals surface area contributed by atoms with E-state index in [4.69, 9.17) is 9.47 Å². The highest BCUT2D eigenvalue weighted by Crippen LogP contribution is 2.30. The Morgan fingerprint density at radius 3 is 1.26 bits per heavy atom. The van der Waals surface area contributed by atoms with Gasteiger partial charge in [-0.2, -0.15) is 0 Å². The van der Waals surface area contributed by atoms with Gasteiger partial charge in [0.05, 0.1) is 38.2 Å². The van der Waals surface area contributed by atoms with Crippen LogP contribution in [0.1, 0.15) is 54.3 Å². The van der Waals surface area contributed by atoms with Gasteiger partial charge in [-0.1, -0.05) is 0 Å². The molecule has 8 nitrogen and oxygen atoms in total. The van der Waals surface area contributed by atoms with Crippen molar-refractivity contribution in [1.29, 1.82) is 0 Å². The van der Waals surface area contributed by atoms with E-state index in [2.05, 4.69) is 0 Å². The second-order valence-electron chi connectivity index (χ2n) is 7.39. The first-order chi connectivity index (χ1) is 16.2. The molecule has 0 fully saturated rings. The molecular weight excluding hydrogens is 440 g/mol. The largest absolute Gasteiger partial charge is 0.507 e. The lowest BCUT2D eigenvalue weighted by Gasteiger charge is -2.09. The molecule has 0 aromatic heterocycles. The fraction of sp³-hybridized carbons (Fsp3) is 0.154. The summed E-state index contributed by atoms with van der Waals surface area (Å²) < 4.78 is 10.1. The van der Waals surface area contributed by atoms with Gasteiger partial charge in [0.25, 0.3) is 0 Å². The minimum atomic E-state index is -0.742. The van der Waals surface area contributed by atoms with Crippen molar-refractivity contribution in [3.8, 4) is 23.0 Å². The van der Waals surface area contributed by atoms with Crippen molar-refractivity contribution in [2.45, 2.75) is 12.8 Å². The number of aromatic hydroxyl groups is 2. The zero-order chi connectivity index (χ0) is 24.8. The third kappa shape index (κ3) is 5.47. The van der Waals surface area contributed by atoms with Gasteiger partial charge in [-0.15, -0.1) is 0 Å².